The molecule has 1 aliphatic heterocycles. The minimum atomic E-state index is -0.394. The van der Waals surface area contributed by atoms with Crippen molar-refractivity contribution in [3.63, 3.8) is 0 Å². The number of aromatic nitrogens is 2. The first kappa shape index (κ1) is 18.2. The predicted molar refractivity (Wildman–Crippen MR) is 104 cm³/mol. The predicted octanol–water partition coefficient (Wildman–Crippen LogP) is 4.01. The zero-order chi connectivity index (χ0) is 18.7. The van der Waals surface area contributed by atoms with Gasteiger partial charge in [0.1, 0.15) is 18.5 Å². The number of hydrogen-bond donors (Lipinski definition) is 1. The highest BCUT2D eigenvalue weighted by Gasteiger charge is 2.37. The van der Waals surface area contributed by atoms with Gasteiger partial charge in [0.25, 0.3) is 0 Å². The Labute approximate surface area is 161 Å². The first-order valence-corrected chi connectivity index (χ1v) is 9.06. The Kier molecular flexibility index (Phi) is 5.43. The average molecular weight is 415 g/mol. The number of cyclic esters (lactones) is 1. The maximum absolute atomic E-state index is 12.1. The van der Waals surface area contributed by atoms with Gasteiger partial charge in [0.05, 0.1) is 6.04 Å². The lowest BCUT2D eigenvalue weighted by Gasteiger charge is -2.23. The largest absolute Gasteiger partial charge is 0.447 e. The molecule has 0 bridgehead atoms. The standard InChI is InChI=1S/C19H19BrN4O2/c1-4-15(13-5-7-14(20)8-6-13)22-18-21-10-9-17(23-18)24-16(12(2)3)11-26-19(24)25/h1,5-10,12,15-16H,11H2,2-3H3,(H,21,22,23). The van der Waals surface area contributed by atoms with E-state index >= 15 is 0 Å². The molecule has 1 aliphatic rings. The lowest BCUT2D eigenvalue weighted by Crippen LogP contribution is -2.37. The number of hydrogen-bond acceptors (Lipinski definition) is 5. The molecule has 2 atom stereocenters. The molecule has 0 spiro atoms. The summed E-state index contributed by atoms with van der Waals surface area (Å²) in [7, 11) is 0. The normalized spacial score (nSPS) is 17.7. The fourth-order valence-electron chi connectivity index (χ4n) is 2.75. The molecule has 2 aromatic rings. The number of benzene rings is 1. The third-order valence-corrected chi connectivity index (χ3v) is 4.74. The molecule has 2 unspecified atom stereocenters. The number of rotatable bonds is 5. The third-order valence-electron chi connectivity index (χ3n) is 4.21. The molecule has 26 heavy (non-hydrogen) atoms. The summed E-state index contributed by atoms with van der Waals surface area (Å²) in [5, 5.41) is 3.13. The SMILES string of the molecule is C#CC(Nc1nccc(N2C(=O)OCC2C(C)C)n1)c1ccc(Br)cc1. The van der Waals surface area contributed by atoms with E-state index in [1.165, 1.54) is 0 Å². The molecule has 1 N–H and O–H groups in total. The highest BCUT2D eigenvalue weighted by Crippen LogP contribution is 2.26. The molecule has 0 saturated carbocycles. The molecule has 1 aromatic heterocycles. The molecule has 134 valence electrons. The summed E-state index contributed by atoms with van der Waals surface area (Å²) in [5.74, 6) is 3.80. The van der Waals surface area contributed by atoms with Crippen LogP contribution in [0.2, 0.25) is 0 Å². The molecular weight excluding hydrogens is 396 g/mol. The summed E-state index contributed by atoms with van der Waals surface area (Å²) < 4.78 is 6.16. The Morgan fingerprint density at radius 1 is 1.35 bits per heavy atom. The second-order valence-electron chi connectivity index (χ2n) is 6.29. The number of nitrogens with zero attached hydrogens (tertiary/aromatic N) is 3. The van der Waals surface area contributed by atoms with Crippen LogP contribution in [-0.2, 0) is 4.74 Å². The fraction of sp³-hybridized carbons (Fsp3) is 0.316. The van der Waals surface area contributed by atoms with E-state index in [1.807, 2.05) is 38.1 Å². The smallest absolute Gasteiger partial charge is 0.415 e. The summed E-state index contributed by atoms with van der Waals surface area (Å²) in [6.07, 6.45) is 6.88. The van der Waals surface area contributed by atoms with Crippen LogP contribution in [0.25, 0.3) is 0 Å². The Morgan fingerprint density at radius 3 is 2.73 bits per heavy atom. The number of anilines is 2. The molecular formula is C19H19BrN4O2. The lowest BCUT2D eigenvalue weighted by atomic mass is 10.0. The topological polar surface area (TPSA) is 67.4 Å². The van der Waals surface area contributed by atoms with Crippen LogP contribution in [0.3, 0.4) is 0 Å². The van der Waals surface area contributed by atoms with Crippen molar-refractivity contribution in [3.8, 4) is 12.3 Å². The van der Waals surface area contributed by atoms with Crippen LogP contribution in [0.1, 0.15) is 25.5 Å². The molecule has 1 aromatic carbocycles. The summed E-state index contributed by atoms with van der Waals surface area (Å²) >= 11 is 3.41. The van der Waals surface area contributed by atoms with Gasteiger partial charge in [0.2, 0.25) is 5.95 Å². The van der Waals surface area contributed by atoms with Crippen LogP contribution in [0, 0.1) is 18.3 Å². The van der Waals surface area contributed by atoms with Crippen LogP contribution < -0.4 is 10.2 Å². The van der Waals surface area contributed by atoms with Gasteiger partial charge in [-0.25, -0.2) is 9.78 Å². The van der Waals surface area contributed by atoms with Gasteiger partial charge >= 0.3 is 6.09 Å². The first-order valence-electron chi connectivity index (χ1n) is 8.26. The Hall–Kier alpha value is -2.59. The van der Waals surface area contributed by atoms with E-state index in [1.54, 1.807) is 17.2 Å². The van der Waals surface area contributed by atoms with Gasteiger partial charge in [-0.15, -0.1) is 6.42 Å². The fourth-order valence-corrected chi connectivity index (χ4v) is 3.01. The zero-order valence-electron chi connectivity index (χ0n) is 14.5. The van der Waals surface area contributed by atoms with Gasteiger partial charge in [-0.05, 0) is 29.7 Å². The summed E-state index contributed by atoms with van der Waals surface area (Å²) in [6, 6.07) is 8.96. The number of amides is 1. The second kappa shape index (κ2) is 7.75. The van der Waals surface area contributed by atoms with E-state index in [2.05, 4.69) is 37.1 Å². The number of ether oxygens (including phenoxy) is 1. The van der Waals surface area contributed by atoms with Crippen molar-refractivity contribution >= 4 is 33.8 Å². The van der Waals surface area contributed by atoms with Crippen LogP contribution >= 0.6 is 15.9 Å². The first-order chi connectivity index (χ1) is 12.5. The lowest BCUT2D eigenvalue weighted by molar-refractivity contribution is 0.177. The van der Waals surface area contributed by atoms with Crippen molar-refractivity contribution in [1.29, 1.82) is 0 Å². The maximum atomic E-state index is 12.1. The molecule has 0 aliphatic carbocycles. The summed E-state index contributed by atoms with van der Waals surface area (Å²) in [6.45, 7) is 4.44. The minimum Gasteiger partial charge on any atom is -0.447 e. The van der Waals surface area contributed by atoms with E-state index in [9.17, 15) is 4.79 Å². The quantitative estimate of drug-likeness (QED) is 0.748. The molecule has 0 radical (unpaired) electrons. The van der Waals surface area contributed by atoms with E-state index in [4.69, 9.17) is 11.2 Å². The molecule has 1 saturated heterocycles. The van der Waals surface area contributed by atoms with Gasteiger partial charge < -0.3 is 10.1 Å². The van der Waals surface area contributed by atoms with Crippen molar-refractivity contribution in [1.82, 2.24) is 9.97 Å². The van der Waals surface area contributed by atoms with Gasteiger partial charge in [-0.3, -0.25) is 4.90 Å². The number of nitrogens with one attached hydrogen (secondary N) is 1. The highest BCUT2D eigenvalue weighted by atomic mass is 79.9. The van der Waals surface area contributed by atoms with Crippen molar-refractivity contribution in [2.75, 3.05) is 16.8 Å². The third kappa shape index (κ3) is 3.81. The highest BCUT2D eigenvalue weighted by molar-refractivity contribution is 9.10. The maximum Gasteiger partial charge on any atom is 0.415 e. The van der Waals surface area contributed by atoms with Crippen LogP contribution in [0.5, 0.6) is 0 Å². The van der Waals surface area contributed by atoms with Crippen molar-refractivity contribution in [2.24, 2.45) is 5.92 Å². The number of halogens is 1. The molecule has 6 nitrogen and oxygen atoms in total. The monoisotopic (exact) mass is 414 g/mol. The Morgan fingerprint density at radius 2 is 2.08 bits per heavy atom. The van der Waals surface area contributed by atoms with E-state index in [0.717, 1.165) is 10.0 Å². The molecule has 3 rings (SSSR count). The van der Waals surface area contributed by atoms with E-state index in [0.29, 0.717) is 18.4 Å². The second-order valence-corrected chi connectivity index (χ2v) is 7.21. The van der Waals surface area contributed by atoms with Crippen LogP contribution in [0.15, 0.2) is 41.0 Å². The summed E-state index contributed by atoms with van der Waals surface area (Å²) in [5.41, 5.74) is 0.922. The molecule has 1 fully saturated rings. The number of terminal acetylenes is 1. The molecule has 2 heterocycles. The van der Waals surface area contributed by atoms with Gasteiger partial charge in [-0.1, -0.05) is 47.8 Å². The minimum absolute atomic E-state index is 0.0554. The zero-order valence-corrected chi connectivity index (χ0v) is 16.1. The summed E-state index contributed by atoms with van der Waals surface area (Å²) in [4.78, 5) is 22.4. The van der Waals surface area contributed by atoms with Gasteiger partial charge in [0.15, 0.2) is 0 Å². The Balaban J connectivity index is 1.84. The van der Waals surface area contributed by atoms with Crippen molar-refractivity contribution in [2.45, 2.75) is 25.9 Å². The van der Waals surface area contributed by atoms with Crippen LogP contribution in [0.4, 0.5) is 16.6 Å². The van der Waals surface area contributed by atoms with Gasteiger partial charge in [-0.2, -0.15) is 4.98 Å². The average Bonchev–Trinajstić information content (AvgIpc) is 3.02. The number of carbonyl (C=O) groups excluding carboxylic acids is 1. The van der Waals surface area contributed by atoms with E-state index < -0.39 is 6.09 Å². The molecule has 1 amide bonds. The number of carbonyl (C=O) groups is 1. The Bertz CT molecular complexity index is 832. The molecule has 7 heteroatoms. The van der Waals surface area contributed by atoms with Crippen molar-refractivity contribution in [3.05, 3.63) is 46.6 Å². The van der Waals surface area contributed by atoms with Crippen LogP contribution in [-0.4, -0.2) is 28.7 Å². The van der Waals surface area contributed by atoms with E-state index in [-0.39, 0.29) is 18.0 Å². The van der Waals surface area contributed by atoms with Gasteiger partial charge in [0, 0.05) is 10.7 Å². The van der Waals surface area contributed by atoms with Crippen molar-refractivity contribution < 1.29 is 9.53 Å².